The number of benzene rings is 1. The molecule has 0 bridgehead atoms. The number of nitrogens with zero attached hydrogens (tertiary/aromatic N) is 4. The summed E-state index contributed by atoms with van der Waals surface area (Å²) in [5.74, 6) is 2.32. The second-order valence-electron chi connectivity index (χ2n) is 4.53. The highest BCUT2D eigenvalue weighted by molar-refractivity contribution is 5.63. The maximum absolute atomic E-state index is 5.31. The van der Waals surface area contributed by atoms with Crippen molar-refractivity contribution >= 4 is 23.5 Å². The lowest BCUT2D eigenvalue weighted by molar-refractivity contribution is 0.417. The molecule has 7 nitrogen and oxygen atoms in total. The van der Waals surface area contributed by atoms with Crippen LogP contribution >= 0.6 is 0 Å². The van der Waals surface area contributed by atoms with Crippen molar-refractivity contribution in [3.05, 3.63) is 24.3 Å². The molecule has 0 spiro atoms. The van der Waals surface area contributed by atoms with Gasteiger partial charge in [-0.25, -0.2) is 0 Å². The molecule has 0 fully saturated rings. The Morgan fingerprint density at radius 2 is 1.81 bits per heavy atom. The zero-order chi connectivity index (χ0) is 15.2. The van der Waals surface area contributed by atoms with Gasteiger partial charge in [-0.2, -0.15) is 15.0 Å². The summed E-state index contributed by atoms with van der Waals surface area (Å²) < 4.78 is 5.31. The third-order valence-electron chi connectivity index (χ3n) is 2.71. The SMILES string of the molecule is CCNc1nc(Nc2ccccc2OC)nc(N(C)C)n1. The highest BCUT2D eigenvalue weighted by Gasteiger charge is 2.09. The average Bonchev–Trinajstić information content (AvgIpc) is 2.48. The second-order valence-corrected chi connectivity index (χ2v) is 4.53. The van der Waals surface area contributed by atoms with Crippen molar-refractivity contribution in [3.8, 4) is 5.75 Å². The van der Waals surface area contributed by atoms with Gasteiger partial charge in [0, 0.05) is 20.6 Å². The molecule has 21 heavy (non-hydrogen) atoms. The lowest BCUT2D eigenvalue weighted by Gasteiger charge is -2.14. The summed E-state index contributed by atoms with van der Waals surface area (Å²) in [7, 11) is 5.40. The topological polar surface area (TPSA) is 75.2 Å². The minimum atomic E-state index is 0.467. The monoisotopic (exact) mass is 288 g/mol. The molecule has 0 saturated carbocycles. The number of rotatable bonds is 6. The summed E-state index contributed by atoms with van der Waals surface area (Å²) in [5.41, 5.74) is 0.804. The minimum Gasteiger partial charge on any atom is -0.495 e. The summed E-state index contributed by atoms with van der Waals surface area (Å²) in [6, 6.07) is 7.61. The van der Waals surface area contributed by atoms with Crippen LogP contribution in [0.4, 0.5) is 23.5 Å². The van der Waals surface area contributed by atoms with Crippen molar-refractivity contribution in [2.24, 2.45) is 0 Å². The predicted octanol–water partition coefficient (Wildman–Crippen LogP) is 2.12. The summed E-state index contributed by atoms with van der Waals surface area (Å²) in [6.45, 7) is 2.73. The van der Waals surface area contributed by atoms with Crippen molar-refractivity contribution in [2.75, 3.05) is 43.3 Å². The van der Waals surface area contributed by atoms with Crippen LogP contribution in [-0.2, 0) is 0 Å². The number of para-hydroxylation sites is 2. The fraction of sp³-hybridized carbons (Fsp3) is 0.357. The molecule has 2 rings (SSSR count). The van der Waals surface area contributed by atoms with Crippen molar-refractivity contribution in [2.45, 2.75) is 6.92 Å². The summed E-state index contributed by atoms with van der Waals surface area (Å²) >= 11 is 0. The van der Waals surface area contributed by atoms with E-state index in [1.807, 2.05) is 50.2 Å². The Morgan fingerprint density at radius 3 is 2.48 bits per heavy atom. The van der Waals surface area contributed by atoms with Gasteiger partial charge >= 0.3 is 0 Å². The van der Waals surface area contributed by atoms with Gasteiger partial charge in [0.05, 0.1) is 12.8 Å². The number of ether oxygens (including phenoxy) is 1. The van der Waals surface area contributed by atoms with E-state index in [0.717, 1.165) is 18.0 Å². The van der Waals surface area contributed by atoms with Crippen LogP contribution in [0.2, 0.25) is 0 Å². The van der Waals surface area contributed by atoms with Crippen LogP contribution in [0, 0.1) is 0 Å². The molecule has 0 radical (unpaired) electrons. The van der Waals surface area contributed by atoms with Crippen LogP contribution in [0.3, 0.4) is 0 Å². The van der Waals surface area contributed by atoms with E-state index in [1.165, 1.54) is 0 Å². The number of methoxy groups -OCH3 is 1. The predicted molar refractivity (Wildman–Crippen MR) is 84.6 cm³/mol. The zero-order valence-electron chi connectivity index (χ0n) is 12.7. The Bertz CT molecular complexity index is 602. The van der Waals surface area contributed by atoms with Crippen molar-refractivity contribution < 1.29 is 4.74 Å². The molecule has 112 valence electrons. The molecule has 0 aliphatic rings. The van der Waals surface area contributed by atoms with E-state index in [4.69, 9.17) is 4.74 Å². The van der Waals surface area contributed by atoms with Crippen LogP contribution in [0.25, 0.3) is 0 Å². The van der Waals surface area contributed by atoms with Gasteiger partial charge < -0.3 is 20.3 Å². The van der Waals surface area contributed by atoms with Crippen molar-refractivity contribution in [1.29, 1.82) is 0 Å². The lowest BCUT2D eigenvalue weighted by atomic mass is 10.3. The Kier molecular flexibility index (Phi) is 4.76. The van der Waals surface area contributed by atoms with Gasteiger partial charge in [0.15, 0.2) is 0 Å². The highest BCUT2D eigenvalue weighted by atomic mass is 16.5. The molecule has 0 amide bonds. The van der Waals surface area contributed by atoms with E-state index in [-0.39, 0.29) is 0 Å². The smallest absolute Gasteiger partial charge is 0.233 e. The standard InChI is InChI=1S/C14H20N6O/c1-5-15-12-17-13(19-14(18-12)20(2)3)16-10-8-6-7-9-11(10)21-4/h6-9H,5H2,1-4H3,(H2,15,16,17,18,19). The number of anilines is 4. The Labute approximate surface area is 124 Å². The molecule has 1 aromatic carbocycles. The number of hydrogen-bond donors (Lipinski definition) is 2. The molecule has 1 aromatic heterocycles. The fourth-order valence-corrected chi connectivity index (χ4v) is 1.73. The molecular weight excluding hydrogens is 268 g/mol. The molecule has 2 aromatic rings. The van der Waals surface area contributed by atoms with Gasteiger partial charge in [-0.1, -0.05) is 12.1 Å². The van der Waals surface area contributed by atoms with E-state index in [9.17, 15) is 0 Å². The molecule has 0 unspecified atom stereocenters. The number of aromatic nitrogens is 3. The maximum atomic E-state index is 5.31. The molecule has 7 heteroatoms. The van der Waals surface area contributed by atoms with Gasteiger partial charge in [0.2, 0.25) is 17.8 Å². The minimum absolute atomic E-state index is 0.467. The highest BCUT2D eigenvalue weighted by Crippen LogP contribution is 2.26. The molecule has 0 aliphatic heterocycles. The van der Waals surface area contributed by atoms with E-state index >= 15 is 0 Å². The number of nitrogens with one attached hydrogen (secondary N) is 2. The van der Waals surface area contributed by atoms with Gasteiger partial charge in [-0.05, 0) is 19.1 Å². The fourth-order valence-electron chi connectivity index (χ4n) is 1.73. The quantitative estimate of drug-likeness (QED) is 0.843. The zero-order valence-corrected chi connectivity index (χ0v) is 12.7. The molecule has 0 saturated heterocycles. The van der Waals surface area contributed by atoms with Crippen LogP contribution in [0.1, 0.15) is 6.92 Å². The maximum Gasteiger partial charge on any atom is 0.233 e. The average molecular weight is 288 g/mol. The third-order valence-corrected chi connectivity index (χ3v) is 2.71. The van der Waals surface area contributed by atoms with Gasteiger partial charge in [-0.3, -0.25) is 0 Å². The molecule has 2 N–H and O–H groups in total. The Hall–Kier alpha value is -2.57. The van der Waals surface area contributed by atoms with Crippen LogP contribution in [-0.4, -0.2) is 42.7 Å². The first-order valence-electron chi connectivity index (χ1n) is 6.71. The normalized spacial score (nSPS) is 10.1. The largest absolute Gasteiger partial charge is 0.495 e. The van der Waals surface area contributed by atoms with Gasteiger partial charge in [0.1, 0.15) is 5.75 Å². The van der Waals surface area contributed by atoms with Crippen molar-refractivity contribution in [3.63, 3.8) is 0 Å². The van der Waals surface area contributed by atoms with E-state index in [0.29, 0.717) is 17.8 Å². The molecular formula is C14H20N6O. The summed E-state index contributed by atoms with van der Waals surface area (Å²) in [6.07, 6.45) is 0. The second kappa shape index (κ2) is 6.74. The summed E-state index contributed by atoms with van der Waals surface area (Å²) in [5, 5.41) is 6.26. The molecule has 0 atom stereocenters. The first-order valence-corrected chi connectivity index (χ1v) is 6.71. The van der Waals surface area contributed by atoms with Crippen LogP contribution in [0.15, 0.2) is 24.3 Å². The Balaban J connectivity index is 2.34. The summed E-state index contributed by atoms with van der Waals surface area (Å²) in [4.78, 5) is 14.9. The van der Waals surface area contributed by atoms with Gasteiger partial charge in [0.25, 0.3) is 0 Å². The van der Waals surface area contributed by atoms with E-state index in [2.05, 4.69) is 25.6 Å². The first kappa shape index (κ1) is 14.8. The molecule has 0 aliphatic carbocycles. The van der Waals surface area contributed by atoms with Gasteiger partial charge in [-0.15, -0.1) is 0 Å². The lowest BCUT2D eigenvalue weighted by Crippen LogP contribution is -2.16. The number of hydrogen-bond acceptors (Lipinski definition) is 7. The first-order chi connectivity index (χ1) is 10.1. The molecule has 1 heterocycles. The van der Waals surface area contributed by atoms with Crippen LogP contribution < -0.4 is 20.3 Å². The Morgan fingerprint density at radius 1 is 1.10 bits per heavy atom. The van der Waals surface area contributed by atoms with Crippen molar-refractivity contribution in [1.82, 2.24) is 15.0 Å². The van der Waals surface area contributed by atoms with E-state index < -0.39 is 0 Å². The third kappa shape index (κ3) is 3.71. The van der Waals surface area contributed by atoms with E-state index in [1.54, 1.807) is 7.11 Å². The van der Waals surface area contributed by atoms with Crippen LogP contribution in [0.5, 0.6) is 5.75 Å².